The van der Waals surface area contributed by atoms with Crippen molar-refractivity contribution in [2.75, 3.05) is 0 Å². The van der Waals surface area contributed by atoms with Gasteiger partial charge in [-0.05, 0) is 6.08 Å². The molecule has 0 spiro atoms. The Kier molecular flexibility index (Phi) is 1.90. The van der Waals surface area contributed by atoms with Crippen molar-refractivity contribution < 1.29 is 30.7 Å². The lowest BCUT2D eigenvalue weighted by Crippen LogP contribution is -2.34. The summed E-state index contributed by atoms with van der Waals surface area (Å²) in [4.78, 5) is 0. The van der Waals surface area contributed by atoms with Gasteiger partial charge in [-0.3, -0.25) is 0 Å². The zero-order chi connectivity index (χ0) is 10.5. The van der Waals surface area contributed by atoms with Gasteiger partial charge >= 0.3 is 18.0 Å². The van der Waals surface area contributed by atoms with Gasteiger partial charge in [-0.2, -0.15) is 30.7 Å². The summed E-state index contributed by atoms with van der Waals surface area (Å²) in [5.41, 5.74) is -1.87. The molecule has 0 radical (unpaired) electrons. The summed E-state index contributed by atoms with van der Waals surface area (Å²) in [6.45, 7) is 0. The second-order valence-corrected chi connectivity index (χ2v) is 2.67. The molecular formula is C6H3F7. The van der Waals surface area contributed by atoms with E-state index in [1.165, 1.54) is 0 Å². The van der Waals surface area contributed by atoms with Crippen molar-refractivity contribution in [3.05, 3.63) is 11.6 Å². The van der Waals surface area contributed by atoms with Crippen LogP contribution in [0.5, 0.6) is 0 Å². The first-order valence-electron chi connectivity index (χ1n) is 3.11. The van der Waals surface area contributed by atoms with E-state index in [9.17, 15) is 30.7 Å². The fourth-order valence-electron chi connectivity index (χ4n) is 0.915. The largest absolute Gasteiger partial charge is 0.412 e. The molecule has 0 unspecified atom stereocenters. The van der Waals surface area contributed by atoms with Crippen molar-refractivity contribution in [2.45, 2.75) is 24.4 Å². The molecule has 0 aromatic heterocycles. The first kappa shape index (κ1) is 10.3. The molecule has 0 nitrogen and oxygen atoms in total. The number of hydrogen-bond donors (Lipinski definition) is 0. The van der Waals surface area contributed by atoms with Crippen LogP contribution in [0.2, 0.25) is 0 Å². The molecule has 1 rings (SSSR count). The molecule has 1 aliphatic carbocycles. The van der Waals surface area contributed by atoms with E-state index in [4.69, 9.17) is 0 Å². The topological polar surface area (TPSA) is 0 Å². The van der Waals surface area contributed by atoms with Gasteiger partial charge in [-0.1, -0.05) is 0 Å². The van der Waals surface area contributed by atoms with Crippen LogP contribution < -0.4 is 0 Å². The summed E-state index contributed by atoms with van der Waals surface area (Å²) in [6, 6.07) is 0. The molecule has 0 atom stereocenters. The zero-order valence-corrected chi connectivity index (χ0v) is 5.93. The molecule has 0 fully saturated rings. The van der Waals surface area contributed by atoms with E-state index in [1.807, 2.05) is 0 Å². The molecule has 1 aliphatic rings. The van der Waals surface area contributed by atoms with E-state index in [0.717, 1.165) is 0 Å². The predicted molar refractivity (Wildman–Crippen MR) is 28.6 cm³/mol. The van der Waals surface area contributed by atoms with Crippen molar-refractivity contribution in [3.63, 3.8) is 0 Å². The van der Waals surface area contributed by atoms with Gasteiger partial charge in [0.25, 0.3) is 0 Å². The van der Waals surface area contributed by atoms with Gasteiger partial charge in [-0.15, -0.1) is 0 Å². The third-order valence-corrected chi connectivity index (χ3v) is 1.62. The van der Waals surface area contributed by atoms with Crippen LogP contribution in [0, 0.1) is 0 Å². The Hall–Kier alpha value is -0.750. The van der Waals surface area contributed by atoms with E-state index >= 15 is 0 Å². The number of hydrogen-bond acceptors (Lipinski definition) is 0. The highest BCUT2D eigenvalue weighted by Crippen LogP contribution is 2.50. The lowest BCUT2D eigenvalue weighted by molar-refractivity contribution is -0.170. The molecule has 0 saturated heterocycles. The molecule has 0 aromatic carbocycles. The Morgan fingerprint density at radius 2 is 1.54 bits per heavy atom. The van der Waals surface area contributed by atoms with Gasteiger partial charge in [0.15, 0.2) is 0 Å². The van der Waals surface area contributed by atoms with E-state index in [-0.39, 0.29) is 0 Å². The standard InChI is InChI=1S/C6H3F7/c7-4(8)1-3(6(11,12)13)2-5(4,9)10/h1H,2H2. The average Bonchev–Trinajstić information content (AvgIpc) is 2.00. The molecule has 0 heterocycles. The maximum absolute atomic E-state index is 12.2. The summed E-state index contributed by atoms with van der Waals surface area (Å²) in [5, 5.41) is 0. The van der Waals surface area contributed by atoms with Crippen LogP contribution in [-0.2, 0) is 0 Å². The molecule has 0 N–H and O–H groups in total. The lowest BCUT2D eigenvalue weighted by atomic mass is 10.2. The molecule has 76 valence electrons. The average molecular weight is 208 g/mol. The quantitative estimate of drug-likeness (QED) is 0.423. The predicted octanol–water partition coefficient (Wildman–Crippen LogP) is 3.15. The second-order valence-electron chi connectivity index (χ2n) is 2.67. The zero-order valence-electron chi connectivity index (χ0n) is 5.93. The first-order valence-corrected chi connectivity index (χ1v) is 3.11. The van der Waals surface area contributed by atoms with Crippen molar-refractivity contribution in [2.24, 2.45) is 0 Å². The van der Waals surface area contributed by atoms with Crippen LogP contribution in [-0.4, -0.2) is 18.0 Å². The summed E-state index contributed by atoms with van der Waals surface area (Å²) in [7, 11) is 0. The summed E-state index contributed by atoms with van der Waals surface area (Å²) < 4.78 is 83.9. The van der Waals surface area contributed by atoms with Gasteiger partial charge in [0.05, 0.1) is 0 Å². The third kappa shape index (κ3) is 1.64. The molecular weight excluding hydrogens is 205 g/mol. The van der Waals surface area contributed by atoms with Crippen LogP contribution >= 0.6 is 0 Å². The number of alkyl halides is 7. The number of rotatable bonds is 0. The van der Waals surface area contributed by atoms with E-state index < -0.39 is 36.1 Å². The highest BCUT2D eigenvalue weighted by molar-refractivity contribution is 5.26. The fourth-order valence-corrected chi connectivity index (χ4v) is 0.915. The Bertz CT molecular complexity index is 246. The van der Waals surface area contributed by atoms with E-state index in [2.05, 4.69) is 0 Å². The summed E-state index contributed by atoms with van der Waals surface area (Å²) in [6.07, 6.45) is -7.78. The van der Waals surface area contributed by atoms with Gasteiger partial charge in [0.2, 0.25) is 0 Å². The minimum absolute atomic E-state index is 0.715. The lowest BCUT2D eigenvalue weighted by Gasteiger charge is -2.17. The van der Waals surface area contributed by atoms with Crippen molar-refractivity contribution in [3.8, 4) is 0 Å². The van der Waals surface area contributed by atoms with Crippen LogP contribution in [0.1, 0.15) is 6.42 Å². The first-order chi connectivity index (χ1) is 5.56. The van der Waals surface area contributed by atoms with E-state index in [0.29, 0.717) is 0 Å². The van der Waals surface area contributed by atoms with Crippen molar-refractivity contribution in [1.29, 1.82) is 0 Å². The second kappa shape index (κ2) is 2.39. The van der Waals surface area contributed by atoms with Gasteiger partial charge < -0.3 is 0 Å². The molecule has 0 aromatic rings. The minimum Gasteiger partial charge on any atom is -0.199 e. The highest BCUT2D eigenvalue weighted by atomic mass is 19.4. The molecule has 7 heteroatoms. The third-order valence-electron chi connectivity index (χ3n) is 1.62. The molecule has 0 saturated carbocycles. The maximum Gasteiger partial charge on any atom is 0.412 e. The summed E-state index contributed by atoms with van der Waals surface area (Å²) in [5.74, 6) is -9.32. The van der Waals surface area contributed by atoms with Crippen LogP contribution in [0.25, 0.3) is 0 Å². The Morgan fingerprint density at radius 1 is 1.08 bits per heavy atom. The molecule has 0 aliphatic heterocycles. The van der Waals surface area contributed by atoms with Crippen LogP contribution in [0.4, 0.5) is 30.7 Å². The van der Waals surface area contributed by atoms with Gasteiger partial charge in [-0.25, -0.2) is 0 Å². The van der Waals surface area contributed by atoms with E-state index in [1.54, 1.807) is 0 Å². The van der Waals surface area contributed by atoms with Crippen molar-refractivity contribution >= 4 is 0 Å². The Labute approximate surface area is 68.0 Å². The molecule has 13 heavy (non-hydrogen) atoms. The Balaban J connectivity index is 3.00. The smallest absolute Gasteiger partial charge is 0.199 e. The number of allylic oxidation sites excluding steroid dienone is 2. The monoisotopic (exact) mass is 208 g/mol. The van der Waals surface area contributed by atoms with Gasteiger partial charge in [0.1, 0.15) is 0 Å². The number of halogens is 7. The molecule has 0 amide bonds. The van der Waals surface area contributed by atoms with Crippen LogP contribution in [0.15, 0.2) is 11.6 Å². The minimum atomic E-state index is -5.11. The Morgan fingerprint density at radius 3 is 1.69 bits per heavy atom. The van der Waals surface area contributed by atoms with Crippen molar-refractivity contribution in [1.82, 2.24) is 0 Å². The summed E-state index contributed by atoms with van der Waals surface area (Å²) >= 11 is 0. The van der Waals surface area contributed by atoms with Gasteiger partial charge in [0, 0.05) is 12.0 Å². The SMILES string of the molecule is FC(F)(F)C1=CC(F)(F)C(F)(F)C1. The normalized spacial score (nSPS) is 25.9. The maximum atomic E-state index is 12.2. The highest BCUT2D eigenvalue weighted by Gasteiger charge is 2.62. The fraction of sp³-hybridized carbons (Fsp3) is 0.667. The molecule has 0 bridgehead atoms. The van der Waals surface area contributed by atoms with Crippen LogP contribution in [0.3, 0.4) is 0 Å².